The second-order valence-electron chi connectivity index (χ2n) is 8.25. The van der Waals surface area contributed by atoms with Crippen LogP contribution < -0.4 is 15.9 Å². The molecule has 1 heteroatoms. The van der Waals surface area contributed by atoms with E-state index in [1.807, 2.05) is 18.2 Å². The van der Waals surface area contributed by atoms with Crippen molar-refractivity contribution in [3.8, 4) is 11.8 Å². The van der Waals surface area contributed by atoms with Crippen LogP contribution in [0, 0.1) is 11.8 Å². The molecule has 0 N–H and O–H groups in total. The minimum absolute atomic E-state index is 1.01. The van der Waals surface area contributed by atoms with Crippen LogP contribution >= 0.6 is 7.26 Å². The van der Waals surface area contributed by atoms with Gasteiger partial charge in [0.1, 0.15) is 23.2 Å². The first kappa shape index (κ1) is 22.6. The van der Waals surface area contributed by atoms with Gasteiger partial charge in [-0.1, -0.05) is 115 Å². The molecule has 35 heavy (non-hydrogen) atoms. The minimum atomic E-state index is -2.16. The Morgan fingerprint density at radius 3 is 1.26 bits per heavy atom. The van der Waals surface area contributed by atoms with Gasteiger partial charge in [0.15, 0.2) is 0 Å². The van der Waals surface area contributed by atoms with Crippen LogP contribution in [0.3, 0.4) is 0 Å². The Kier molecular flexibility index (Phi) is 7.00. The van der Waals surface area contributed by atoms with Gasteiger partial charge in [0, 0.05) is 5.56 Å². The molecule has 0 unspecified atom stereocenters. The zero-order chi connectivity index (χ0) is 23.8. The van der Waals surface area contributed by atoms with Crippen molar-refractivity contribution in [3.63, 3.8) is 0 Å². The maximum Gasteiger partial charge on any atom is 0.138 e. The van der Waals surface area contributed by atoms with E-state index in [0.29, 0.717) is 0 Å². The summed E-state index contributed by atoms with van der Waals surface area (Å²) in [6.07, 6.45) is 0. The summed E-state index contributed by atoms with van der Waals surface area (Å²) in [5, 5.41) is 3.94. The van der Waals surface area contributed by atoms with Gasteiger partial charge in [-0.15, -0.1) is 0 Å². The fraction of sp³-hybridized carbons (Fsp3) is 0. The van der Waals surface area contributed by atoms with E-state index in [9.17, 15) is 0 Å². The van der Waals surface area contributed by atoms with E-state index < -0.39 is 7.26 Å². The molecule has 0 saturated heterocycles. The highest BCUT2D eigenvalue weighted by atomic mass is 31.2. The molecule has 0 aliphatic heterocycles. The van der Waals surface area contributed by atoms with Gasteiger partial charge in [0.2, 0.25) is 0 Å². The van der Waals surface area contributed by atoms with Gasteiger partial charge in [-0.25, -0.2) is 0 Å². The summed E-state index contributed by atoms with van der Waals surface area (Å²) in [5.74, 6) is 9.43. The van der Waals surface area contributed by atoms with Crippen LogP contribution in [-0.4, -0.2) is 0 Å². The van der Waals surface area contributed by atoms with Gasteiger partial charge in [-0.3, -0.25) is 0 Å². The van der Waals surface area contributed by atoms with E-state index in [-0.39, 0.29) is 0 Å². The van der Waals surface area contributed by atoms with Crippen molar-refractivity contribution < 1.29 is 0 Å². The van der Waals surface area contributed by atoms with Gasteiger partial charge in [-0.2, -0.15) is 0 Å². The average molecular weight is 466 g/mol. The van der Waals surface area contributed by atoms with Crippen molar-refractivity contribution in [2.75, 3.05) is 0 Å². The van der Waals surface area contributed by atoms with Crippen LogP contribution in [0.1, 0.15) is 11.1 Å². The first-order chi connectivity index (χ1) is 17.4. The van der Waals surface area contributed by atoms with Gasteiger partial charge in [0.05, 0.1) is 11.4 Å². The van der Waals surface area contributed by atoms with Gasteiger partial charge in [-0.05, 0) is 54.1 Å². The minimum Gasteiger partial charge on any atom is -0.0622 e. The smallest absolute Gasteiger partial charge is 0.0622 e. The van der Waals surface area contributed by atoms with Gasteiger partial charge < -0.3 is 0 Å². The highest BCUT2D eigenvalue weighted by molar-refractivity contribution is 7.98. The van der Waals surface area contributed by atoms with Gasteiger partial charge >= 0.3 is 0 Å². The lowest BCUT2D eigenvalue weighted by atomic mass is 10.1. The lowest BCUT2D eigenvalue weighted by Gasteiger charge is -2.24. The van der Waals surface area contributed by atoms with Crippen molar-refractivity contribution in [2.24, 2.45) is 0 Å². The first-order valence-electron chi connectivity index (χ1n) is 11.8. The number of hydrogen-bond acceptors (Lipinski definition) is 0. The summed E-state index contributed by atoms with van der Waals surface area (Å²) in [6, 6.07) is 53.4. The normalized spacial score (nSPS) is 11.4. The van der Waals surface area contributed by atoms with Crippen LogP contribution in [0.25, 0.3) is 5.57 Å². The predicted octanol–water partition coefficient (Wildman–Crippen LogP) is 7.07. The number of hydrogen-bond donors (Lipinski definition) is 0. The molecule has 0 fully saturated rings. The third-order valence-electron chi connectivity index (χ3n) is 6.01. The van der Waals surface area contributed by atoms with E-state index >= 15 is 0 Å². The lowest BCUT2D eigenvalue weighted by Crippen LogP contribution is -2.29. The monoisotopic (exact) mass is 465 g/mol. The Morgan fingerprint density at radius 1 is 0.457 bits per heavy atom. The molecule has 5 aromatic rings. The summed E-state index contributed by atoms with van der Waals surface area (Å²) < 4.78 is 0. The van der Waals surface area contributed by atoms with E-state index in [2.05, 4.69) is 151 Å². The molecule has 5 aromatic carbocycles. The number of benzene rings is 5. The molecular weight excluding hydrogens is 439 g/mol. The van der Waals surface area contributed by atoms with Crippen LogP contribution in [0.2, 0.25) is 0 Å². The SMILES string of the molecule is C(#Cc1ccccc1)/C(=C\[P+](c1ccccc1)(c1ccccc1)c1ccccc1)c1ccccc1. The predicted molar refractivity (Wildman–Crippen MR) is 153 cm³/mol. The molecular formula is C34H26P+. The Morgan fingerprint density at radius 2 is 0.829 bits per heavy atom. The van der Waals surface area contributed by atoms with Gasteiger partial charge in [0.25, 0.3) is 0 Å². The second kappa shape index (κ2) is 10.8. The Hall–Kier alpha value is -4.17. The lowest BCUT2D eigenvalue weighted by molar-refractivity contribution is 1.63. The first-order valence-corrected chi connectivity index (χ1v) is 13.6. The van der Waals surface area contributed by atoms with Crippen LogP contribution in [0.15, 0.2) is 157 Å². The Bertz CT molecular complexity index is 1350. The average Bonchev–Trinajstić information content (AvgIpc) is 2.96. The third-order valence-corrected chi connectivity index (χ3v) is 10.00. The van der Waals surface area contributed by atoms with Crippen molar-refractivity contribution in [2.45, 2.75) is 0 Å². The third kappa shape index (κ3) is 5.02. The number of rotatable bonds is 5. The quantitative estimate of drug-likeness (QED) is 0.192. The van der Waals surface area contributed by atoms with Crippen LogP contribution in [0.5, 0.6) is 0 Å². The molecule has 0 aliphatic carbocycles. The summed E-state index contributed by atoms with van der Waals surface area (Å²) in [4.78, 5) is 0. The largest absolute Gasteiger partial charge is 0.138 e. The second-order valence-corrected chi connectivity index (χ2v) is 11.5. The highest BCUT2D eigenvalue weighted by Crippen LogP contribution is 2.58. The van der Waals surface area contributed by atoms with E-state index in [1.165, 1.54) is 15.9 Å². The van der Waals surface area contributed by atoms with Crippen LogP contribution in [-0.2, 0) is 0 Å². The fourth-order valence-electron chi connectivity index (χ4n) is 4.31. The summed E-state index contributed by atoms with van der Waals surface area (Å²) in [5.41, 5.74) is 3.18. The van der Waals surface area contributed by atoms with E-state index in [4.69, 9.17) is 0 Å². The number of allylic oxidation sites excluding steroid dienone is 1. The van der Waals surface area contributed by atoms with Crippen molar-refractivity contribution in [3.05, 3.63) is 169 Å². The molecule has 5 rings (SSSR count). The fourth-order valence-corrected chi connectivity index (χ4v) is 8.18. The molecule has 0 spiro atoms. The summed E-state index contributed by atoms with van der Waals surface area (Å²) >= 11 is 0. The molecule has 0 saturated carbocycles. The molecule has 0 amide bonds. The standard InChI is InChI=1S/C34H26P/c1-6-16-29(17-7-1)26-27-31(30-18-8-2-9-19-30)28-35(32-20-10-3-11-21-32,33-22-12-4-13-23-33)34-24-14-5-15-25-34/h1-25,28H/q+1/b31-28+. The molecule has 0 aromatic heterocycles. The summed E-state index contributed by atoms with van der Waals surface area (Å²) in [6.45, 7) is 0. The zero-order valence-corrected chi connectivity index (χ0v) is 20.4. The van der Waals surface area contributed by atoms with Crippen molar-refractivity contribution in [1.29, 1.82) is 0 Å². The molecule has 0 atom stereocenters. The molecule has 166 valence electrons. The Balaban J connectivity index is 1.84. The molecule has 0 aliphatic rings. The van der Waals surface area contributed by atoms with Crippen molar-refractivity contribution >= 4 is 28.7 Å². The Labute approximate surface area is 209 Å². The van der Waals surface area contributed by atoms with Crippen LogP contribution in [0.4, 0.5) is 0 Å². The zero-order valence-electron chi connectivity index (χ0n) is 19.5. The molecule has 0 heterocycles. The van der Waals surface area contributed by atoms with E-state index in [0.717, 1.165) is 16.7 Å². The molecule has 0 radical (unpaired) electrons. The van der Waals surface area contributed by atoms with E-state index in [1.54, 1.807) is 0 Å². The van der Waals surface area contributed by atoms with Crippen molar-refractivity contribution in [1.82, 2.24) is 0 Å². The summed E-state index contributed by atoms with van der Waals surface area (Å²) in [7, 11) is -2.16. The molecule has 0 nitrogen and oxygen atoms in total. The maximum absolute atomic E-state index is 3.56. The maximum atomic E-state index is 3.56. The topological polar surface area (TPSA) is 0 Å². The highest BCUT2D eigenvalue weighted by Gasteiger charge is 2.44. The molecule has 0 bridgehead atoms.